The second-order valence-corrected chi connectivity index (χ2v) is 5.09. The normalized spacial score (nSPS) is 25.1. The standard InChI is InChI=1S/C12H17N3O2/c1-2-17-11(16)10-9(13-15-14-10)8-4-3-5-12(8)6-7-12/h8H,2-7H2,1H3,(H,13,14,15). The van der Waals surface area contributed by atoms with E-state index < -0.39 is 0 Å². The van der Waals surface area contributed by atoms with Crippen LogP contribution in [0.5, 0.6) is 0 Å². The molecular weight excluding hydrogens is 218 g/mol. The highest BCUT2D eigenvalue weighted by atomic mass is 16.5. The van der Waals surface area contributed by atoms with Gasteiger partial charge in [-0.15, -0.1) is 5.10 Å². The fourth-order valence-corrected chi connectivity index (χ4v) is 3.16. The molecule has 1 atom stereocenters. The van der Waals surface area contributed by atoms with E-state index in [-0.39, 0.29) is 5.97 Å². The topological polar surface area (TPSA) is 67.9 Å². The minimum atomic E-state index is -0.348. The molecule has 0 radical (unpaired) electrons. The van der Waals surface area contributed by atoms with Crippen LogP contribution in [0.3, 0.4) is 0 Å². The van der Waals surface area contributed by atoms with Gasteiger partial charge in [0.15, 0.2) is 5.69 Å². The average Bonchev–Trinajstić information content (AvgIpc) is 2.75. The van der Waals surface area contributed by atoms with Crippen LogP contribution < -0.4 is 0 Å². The molecule has 2 saturated carbocycles. The van der Waals surface area contributed by atoms with Gasteiger partial charge in [-0.3, -0.25) is 0 Å². The monoisotopic (exact) mass is 235 g/mol. The molecular formula is C12H17N3O2. The van der Waals surface area contributed by atoms with Crippen molar-refractivity contribution in [1.82, 2.24) is 15.4 Å². The van der Waals surface area contributed by atoms with Gasteiger partial charge >= 0.3 is 5.97 Å². The number of ether oxygens (including phenoxy) is 1. The number of carbonyl (C=O) groups is 1. The second kappa shape index (κ2) is 3.82. The van der Waals surface area contributed by atoms with E-state index >= 15 is 0 Å². The number of H-pyrrole nitrogens is 1. The molecule has 2 fully saturated rings. The Hall–Kier alpha value is -1.39. The van der Waals surface area contributed by atoms with Gasteiger partial charge < -0.3 is 4.74 Å². The highest BCUT2D eigenvalue weighted by molar-refractivity contribution is 5.88. The molecule has 2 aliphatic rings. The number of aromatic nitrogens is 3. The van der Waals surface area contributed by atoms with Crippen molar-refractivity contribution in [2.24, 2.45) is 5.41 Å². The van der Waals surface area contributed by atoms with Gasteiger partial charge in [0.1, 0.15) is 5.69 Å². The molecule has 0 saturated heterocycles. The molecule has 0 amide bonds. The Labute approximate surface area is 99.9 Å². The Balaban J connectivity index is 1.88. The summed E-state index contributed by atoms with van der Waals surface area (Å²) < 4.78 is 5.01. The summed E-state index contributed by atoms with van der Waals surface area (Å²) in [4.78, 5) is 11.8. The third-order valence-corrected chi connectivity index (χ3v) is 4.17. The molecule has 0 aromatic carbocycles. The molecule has 1 unspecified atom stereocenters. The molecule has 1 N–H and O–H groups in total. The van der Waals surface area contributed by atoms with Crippen LogP contribution in [0.2, 0.25) is 0 Å². The SMILES string of the molecule is CCOC(=O)c1n[nH]nc1C1CCCC12CC2. The zero-order valence-corrected chi connectivity index (χ0v) is 10.0. The van der Waals surface area contributed by atoms with Crippen LogP contribution in [0.4, 0.5) is 0 Å². The summed E-state index contributed by atoms with van der Waals surface area (Å²) in [7, 11) is 0. The highest BCUT2D eigenvalue weighted by Gasteiger charge is 2.54. The number of carbonyl (C=O) groups excluding carboxylic acids is 1. The first-order valence-corrected chi connectivity index (χ1v) is 6.34. The Morgan fingerprint density at radius 2 is 2.29 bits per heavy atom. The molecule has 1 heterocycles. The number of aromatic amines is 1. The molecule has 2 aliphatic carbocycles. The van der Waals surface area contributed by atoms with Crippen molar-refractivity contribution >= 4 is 5.97 Å². The van der Waals surface area contributed by atoms with Crippen molar-refractivity contribution in [2.45, 2.75) is 44.9 Å². The maximum Gasteiger partial charge on any atom is 0.360 e. The summed E-state index contributed by atoms with van der Waals surface area (Å²) in [5.74, 6) is 0.0552. The van der Waals surface area contributed by atoms with Crippen molar-refractivity contribution in [2.75, 3.05) is 6.61 Å². The molecule has 92 valence electrons. The van der Waals surface area contributed by atoms with Crippen LogP contribution in [0.1, 0.15) is 61.1 Å². The minimum Gasteiger partial charge on any atom is -0.461 e. The lowest BCUT2D eigenvalue weighted by Gasteiger charge is -2.16. The highest BCUT2D eigenvalue weighted by Crippen LogP contribution is 2.64. The molecule has 1 aromatic rings. The zero-order chi connectivity index (χ0) is 11.9. The van der Waals surface area contributed by atoms with Crippen LogP contribution in [-0.2, 0) is 4.74 Å². The minimum absolute atomic E-state index is 0.348. The molecule has 5 nitrogen and oxygen atoms in total. The summed E-state index contributed by atoms with van der Waals surface area (Å²) >= 11 is 0. The maximum atomic E-state index is 11.8. The number of esters is 1. The molecule has 0 bridgehead atoms. The van der Waals surface area contributed by atoms with Gasteiger partial charge in [0, 0.05) is 5.92 Å². The Morgan fingerprint density at radius 1 is 1.47 bits per heavy atom. The fraction of sp³-hybridized carbons (Fsp3) is 0.750. The van der Waals surface area contributed by atoms with Crippen molar-refractivity contribution in [3.8, 4) is 0 Å². The van der Waals surface area contributed by atoms with E-state index in [0.29, 0.717) is 23.6 Å². The van der Waals surface area contributed by atoms with Gasteiger partial charge in [-0.1, -0.05) is 6.42 Å². The van der Waals surface area contributed by atoms with E-state index in [9.17, 15) is 4.79 Å². The lowest BCUT2D eigenvalue weighted by atomic mass is 9.89. The Morgan fingerprint density at radius 3 is 3.00 bits per heavy atom. The van der Waals surface area contributed by atoms with Gasteiger partial charge in [0.05, 0.1) is 6.61 Å². The van der Waals surface area contributed by atoms with Crippen molar-refractivity contribution < 1.29 is 9.53 Å². The second-order valence-electron chi connectivity index (χ2n) is 5.09. The Bertz CT molecular complexity index is 437. The van der Waals surface area contributed by atoms with Crippen LogP contribution in [0.15, 0.2) is 0 Å². The smallest absolute Gasteiger partial charge is 0.360 e. The quantitative estimate of drug-likeness (QED) is 0.814. The maximum absolute atomic E-state index is 11.8. The summed E-state index contributed by atoms with van der Waals surface area (Å²) in [5.41, 5.74) is 1.65. The molecule has 5 heteroatoms. The van der Waals surface area contributed by atoms with E-state index in [4.69, 9.17) is 4.74 Å². The number of hydrogen-bond acceptors (Lipinski definition) is 4. The predicted molar refractivity (Wildman–Crippen MR) is 60.6 cm³/mol. The summed E-state index contributed by atoms with van der Waals surface area (Å²) in [6.45, 7) is 2.18. The van der Waals surface area contributed by atoms with Crippen molar-refractivity contribution in [1.29, 1.82) is 0 Å². The molecule has 1 spiro atoms. The van der Waals surface area contributed by atoms with Gasteiger partial charge in [-0.25, -0.2) is 4.79 Å². The molecule has 1 aromatic heterocycles. The first-order valence-electron chi connectivity index (χ1n) is 6.34. The first-order chi connectivity index (χ1) is 8.27. The van der Waals surface area contributed by atoms with Crippen LogP contribution in [0, 0.1) is 5.41 Å². The largest absolute Gasteiger partial charge is 0.461 e. The average molecular weight is 235 g/mol. The Kier molecular flexibility index (Phi) is 2.42. The van der Waals surface area contributed by atoms with Gasteiger partial charge in [0.25, 0.3) is 0 Å². The van der Waals surface area contributed by atoms with Crippen molar-refractivity contribution in [3.05, 3.63) is 11.4 Å². The van der Waals surface area contributed by atoms with E-state index in [1.54, 1.807) is 6.92 Å². The summed E-state index contributed by atoms with van der Waals surface area (Å²) in [6, 6.07) is 0. The van der Waals surface area contributed by atoms with Gasteiger partial charge in [-0.05, 0) is 38.0 Å². The number of nitrogens with zero attached hydrogens (tertiary/aromatic N) is 2. The van der Waals surface area contributed by atoms with Crippen molar-refractivity contribution in [3.63, 3.8) is 0 Å². The van der Waals surface area contributed by atoms with Crippen LogP contribution in [0.25, 0.3) is 0 Å². The first kappa shape index (κ1) is 10.7. The fourth-order valence-electron chi connectivity index (χ4n) is 3.16. The summed E-state index contributed by atoms with van der Waals surface area (Å²) in [6.07, 6.45) is 6.17. The van der Waals surface area contributed by atoms with Crippen LogP contribution >= 0.6 is 0 Å². The van der Waals surface area contributed by atoms with E-state index in [0.717, 1.165) is 12.1 Å². The van der Waals surface area contributed by atoms with E-state index in [1.807, 2.05) is 0 Å². The van der Waals surface area contributed by atoms with E-state index in [2.05, 4.69) is 15.4 Å². The lowest BCUT2D eigenvalue weighted by molar-refractivity contribution is 0.0517. The summed E-state index contributed by atoms with van der Waals surface area (Å²) in [5, 5.41) is 10.7. The number of rotatable bonds is 3. The lowest BCUT2D eigenvalue weighted by Crippen LogP contribution is -2.14. The number of nitrogens with one attached hydrogen (secondary N) is 1. The third-order valence-electron chi connectivity index (χ3n) is 4.17. The van der Waals surface area contributed by atoms with Crippen LogP contribution in [-0.4, -0.2) is 28.0 Å². The molecule has 0 aliphatic heterocycles. The zero-order valence-electron chi connectivity index (χ0n) is 10.0. The molecule has 17 heavy (non-hydrogen) atoms. The molecule has 3 rings (SSSR count). The van der Waals surface area contributed by atoms with Gasteiger partial charge in [-0.2, -0.15) is 10.3 Å². The van der Waals surface area contributed by atoms with Gasteiger partial charge in [0.2, 0.25) is 0 Å². The predicted octanol–water partition coefficient (Wildman–Crippen LogP) is 2.03. The number of hydrogen-bond donors (Lipinski definition) is 1. The third kappa shape index (κ3) is 1.64. The van der Waals surface area contributed by atoms with E-state index in [1.165, 1.54) is 25.7 Å².